The van der Waals surface area contributed by atoms with Crippen LogP contribution in [0.4, 0.5) is 4.39 Å². The maximum Gasteiger partial charge on any atom is 0.196 e. The van der Waals surface area contributed by atoms with Gasteiger partial charge in [-0.1, -0.05) is 48.0 Å². The van der Waals surface area contributed by atoms with Gasteiger partial charge in [-0.15, -0.1) is 11.3 Å². The van der Waals surface area contributed by atoms with E-state index in [1.54, 1.807) is 24.4 Å². The van der Waals surface area contributed by atoms with Crippen molar-refractivity contribution in [3.05, 3.63) is 94.8 Å². The number of allylic oxidation sites excluding steroid dienone is 1. The van der Waals surface area contributed by atoms with Crippen LogP contribution in [0.2, 0.25) is 0 Å². The first-order valence-corrected chi connectivity index (χ1v) is 9.36. The normalized spacial score (nSPS) is 11.3. The van der Waals surface area contributed by atoms with Gasteiger partial charge in [0.15, 0.2) is 5.78 Å². The Balaban J connectivity index is 1.78. The molecule has 0 spiro atoms. The molecular formula is C23H16FNOS. The van der Waals surface area contributed by atoms with Crippen molar-refractivity contribution in [2.45, 2.75) is 6.92 Å². The van der Waals surface area contributed by atoms with Gasteiger partial charge >= 0.3 is 0 Å². The van der Waals surface area contributed by atoms with E-state index < -0.39 is 0 Å². The van der Waals surface area contributed by atoms with E-state index in [9.17, 15) is 9.18 Å². The minimum atomic E-state index is -0.302. The average Bonchev–Trinajstić information content (AvgIpc) is 3.08. The molecule has 0 aliphatic heterocycles. The number of rotatable bonds is 4. The van der Waals surface area contributed by atoms with Gasteiger partial charge in [-0.25, -0.2) is 9.37 Å². The van der Waals surface area contributed by atoms with Crippen molar-refractivity contribution in [2.24, 2.45) is 0 Å². The molecule has 2 nitrogen and oxygen atoms in total. The topological polar surface area (TPSA) is 30.0 Å². The first-order valence-electron chi connectivity index (χ1n) is 8.54. The summed E-state index contributed by atoms with van der Waals surface area (Å²) in [5.41, 5.74) is 3.76. The van der Waals surface area contributed by atoms with Crippen molar-refractivity contribution in [2.75, 3.05) is 0 Å². The van der Waals surface area contributed by atoms with Crippen molar-refractivity contribution in [1.29, 1.82) is 0 Å². The Morgan fingerprint density at radius 3 is 2.52 bits per heavy atom. The second-order valence-corrected chi connectivity index (χ2v) is 7.28. The van der Waals surface area contributed by atoms with Gasteiger partial charge in [0.25, 0.3) is 0 Å². The van der Waals surface area contributed by atoms with Crippen LogP contribution in [0.1, 0.15) is 20.8 Å². The summed E-state index contributed by atoms with van der Waals surface area (Å²) in [5.74, 6) is -0.388. The van der Waals surface area contributed by atoms with Crippen LogP contribution < -0.4 is 0 Å². The predicted molar refractivity (Wildman–Crippen MR) is 110 cm³/mol. The summed E-state index contributed by atoms with van der Waals surface area (Å²) in [7, 11) is 0. The lowest BCUT2D eigenvalue weighted by molar-refractivity contribution is 0.105. The Labute approximate surface area is 160 Å². The molecule has 0 saturated carbocycles. The van der Waals surface area contributed by atoms with Crippen LogP contribution in [-0.4, -0.2) is 10.8 Å². The number of carbonyl (C=O) groups is 1. The molecule has 132 valence electrons. The zero-order chi connectivity index (χ0) is 18.8. The molecule has 2 aromatic heterocycles. The molecule has 0 bridgehead atoms. The highest BCUT2D eigenvalue weighted by Crippen LogP contribution is 2.38. The number of halogens is 1. The molecule has 0 aliphatic rings. The maximum atomic E-state index is 13.4. The van der Waals surface area contributed by atoms with Crippen molar-refractivity contribution in [1.82, 2.24) is 4.98 Å². The molecule has 0 fully saturated rings. The van der Waals surface area contributed by atoms with E-state index >= 15 is 0 Å². The van der Waals surface area contributed by atoms with Gasteiger partial charge in [0, 0.05) is 17.1 Å². The Hall–Kier alpha value is -3.11. The first-order chi connectivity index (χ1) is 13.1. The summed E-state index contributed by atoms with van der Waals surface area (Å²) in [4.78, 5) is 18.7. The van der Waals surface area contributed by atoms with Crippen LogP contribution in [0.5, 0.6) is 0 Å². The Morgan fingerprint density at radius 2 is 1.78 bits per heavy atom. The van der Waals surface area contributed by atoms with Crippen LogP contribution in [0.25, 0.3) is 27.4 Å². The van der Waals surface area contributed by atoms with Crippen LogP contribution >= 0.6 is 11.3 Å². The van der Waals surface area contributed by atoms with E-state index in [0.717, 1.165) is 26.9 Å². The molecule has 2 heterocycles. The van der Waals surface area contributed by atoms with E-state index in [-0.39, 0.29) is 11.6 Å². The molecule has 27 heavy (non-hydrogen) atoms. The number of hydrogen-bond donors (Lipinski definition) is 0. The molecule has 2 aromatic carbocycles. The highest BCUT2D eigenvalue weighted by atomic mass is 32.1. The number of pyridine rings is 1. The zero-order valence-electron chi connectivity index (χ0n) is 14.6. The van der Waals surface area contributed by atoms with E-state index in [2.05, 4.69) is 4.98 Å². The molecule has 0 amide bonds. The smallest absolute Gasteiger partial charge is 0.196 e. The SMILES string of the molecule is Cc1ccc(C=CC(=O)c2sc3ncccc3c2-c2ccc(F)cc2)cc1. The van der Waals surface area contributed by atoms with Crippen LogP contribution in [0, 0.1) is 12.7 Å². The number of ketones is 1. The number of benzene rings is 2. The van der Waals surface area contributed by atoms with Crippen molar-refractivity contribution < 1.29 is 9.18 Å². The molecular weight excluding hydrogens is 357 g/mol. The monoisotopic (exact) mass is 373 g/mol. The molecule has 0 N–H and O–H groups in total. The fourth-order valence-corrected chi connectivity index (χ4v) is 4.02. The fourth-order valence-electron chi connectivity index (χ4n) is 2.93. The van der Waals surface area contributed by atoms with Gasteiger partial charge in [0.05, 0.1) is 4.88 Å². The average molecular weight is 373 g/mol. The largest absolute Gasteiger partial charge is 0.288 e. The fraction of sp³-hybridized carbons (Fsp3) is 0.0435. The van der Waals surface area contributed by atoms with E-state index in [4.69, 9.17) is 0 Å². The van der Waals surface area contributed by atoms with Gasteiger partial charge in [-0.05, 0) is 48.4 Å². The molecule has 0 atom stereocenters. The summed E-state index contributed by atoms with van der Waals surface area (Å²) in [6.07, 6.45) is 5.11. The van der Waals surface area contributed by atoms with Crippen LogP contribution in [0.15, 0.2) is 72.9 Å². The molecule has 0 saturated heterocycles. The van der Waals surface area contributed by atoms with Gasteiger partial charge in [0.1, 0.15) is 10.6 Å². The lowest BCUT2D eigenvalue weighted by Crippen LogP contribution is -1.93. The molecule has 0 radical (unpaired) electrons. The van der Waals surface area contributed by atoms with Crippen LogP contribution in [0.3, 0.4) is 0 Å². The third kappa shape index (κ3) is 3.57. The second kappa shape index (κ2) is 7.25. The quantitative estimate of drug-likeness (QED) is 0.310. The van der Waals surface area contributed by atoms with Gasteiger partial charge in [-0.2, -0.15) is 0 Å². The third-order valence-electron chi connectivity index (χ3n) is 4.33. The number of aryl methyl sites for hydroxylation is 1. The summed E-state index contributed by atoms with van der Waals surface area (Å²) in [6.45, 7) is 2.03. The Bertz CT molecular complexity index is 1140. The van der Waals surface area contributed by atoms with E-state index in [0.29, 0.717) is 4.88 Å². The molecule has 0 unspecified atom stereocenters. The number of thiophene rings is 1. The molecule has 0 aliphatic carbocycles. The van der Waals surface area contributed by atoms with Crippen molar-refractivity contribution in [3.63, 3.8) is 0 Å². The molecule has 4 aromatic rings. The molecule has 4 heteroatoms. The summed E-state index contributed by atoms with van der Waals surface area (Å²) >= 11 is 1.36. The highest BCUT2D eigenvalue weighted by Gasteiger charge is 2.18. The lowest BCUT2D eigenvalue weighted by atomic mass is 10.0. The lowest BCUT2D eigenvalue weighted by Gasteiger charge is -2.03. The van der Waals surface area contributed by atoms with Crippen molar-refractivity contribution in [3.8, 4) is 11.1 Å². The standard InChI is InChI=1S/C23H16FNOS/c1-15-4-6-16(7-5-15)8-13-20(26)22-21(17-9-11-18(24)12-10-17)19-3-2-14-25-23(19)27-22/h2-14H,1H3. The maximum absolute atomic E-state index is 13.4. The minimum absolute atomic E-state index is 0.0853. The molecule has 4 rings (SSSR count). The summed E-state index contributed by atoms with van der Waals surface area (Å²) in [6, 6.07) is 18.0. The third-order valence-corrected chi connectivity index (χ3v) is 5.46. The van der Waals surface area contributed by atoms with Crippen LogP contribution in [-0.2, 0) is 0 Å². The number of aromatic nitrogens is 1. The first kappa shape index (κ1) is 17.3. The predicted octanol–water partition coefficient (Wildman–Crippen LogP) is 6.31. The summed E-state index contributed by atoms with van der Waals surface area (Å²) < 4.78 is 13.4. The number of fused-ring (bicyclic) bond motifs is 1. The second-order valence-electron chi connectivity index (χ2n) is 6.28. The van der Waals surface area contributed by atoms with Gasteiger partial charge in [0.2, 0.25) is 0 Å². The van der Waals surface area contributed by atoms with E-state index in [1.807, 2.05) is 49.4 Å². The minimum Gasteiger partial charge on any atom is -0.288 e. The van der Waals surface area contributed by atoms with Gasteiger partial charge < -0.3 is 0 Å². The zero-order valence-corrected chi connectivity index (χ0v) is 15.5. The van der Waals surface area contributed by atoms with Crippen molar-refractivity contribution >= 4 is 33.4 Å². The Kier molecular flexibility index (Phi) is 4.65. The summed E-state index contributed by atoms with van der Waals surface area (Å²) in [5, 5.41) is 0.904. The number of hydrogen-bond acceptors (Lipinski definition) is 3. The Morgan fingerprint density at radius 1 is 1.04 bits per heavy atom. The number of nitrogens with zero attached hydrogens (tertiary/aromatic N) is 1. The highest BCUT2D eigenvalue weighted by molar-refractivity contribution is 7.21. The van der Waals surface area contributed by atoms with Gasteiger partial charge in [-0.3, -0.25) is 4.79 Å². The number of carbonyl (C=O) groups excluding carboxylic acids is 1. The van der Waals surface area contributed by atoms with E-state index in [1.165, 1.54) is 29.0 Å².